The Hall–Kier alpha value is -3.02. The second-order valence-electron chi connectivity index (χ2n) is 7.13. The summed E-state index contributed by atoms with van der Waals surface area (Å²) in [4.78, 5) is 52.0. The molecule has 4 amide bonds. The molecule has 0 saturated heterocycles. The molecule has 0 bridgehead atoms. The Morgan fingerprint density at radius 2 is 1.15 bits per heavy atom. The first-order chi connectivity index (χ1) is 12.6. The van der Waals surface area contributed by atoms with Crippen molar-refractivity contribution in [2.24, 2.45) is 0 Å². The van der Waals surface area contributed by atoms with E-state index in [-0.39, 0.29) is 17.9 Å². The number of carbonyl (C=O) groups is 4. The molecule has 0 radical (unpaired) electrons. The molecule has 1 saturated carbocycles. The van der Waals surface area contributed by atoms with Gasteiger partial charge in [-0.1, -0.05) is 19.3 Å². The molecule has 0 atom stereocenters. The number of imide groups is 2. The van der Waals surface area contributed by atoms with Crippen molar-refractivity contribution in [3.8, 4) is 0 Å². The van der Waals surface area contributed by atoms with Crippen molar-refractivity contribution in [2.75, 3.05) is 0 Å². The predicted molar refractivity (Wildman–Crippen MR) is 93.1 cm³/mol. The molecule has 2 aliphatic heterocycles. The molecular weight excluding hydrogens is 332 g/mol. The first kappa shape index (κ1) is 15.3. The topological polar surface area (TPSA) is 83.6 Å². The van der Waals surface area contributed by atoms with E-state index < -0.39 is 11.8 Å². The monoisotopic (exact) mass is 348 g/mol. The van der Waals surface area contributed by atoms with Gasteiger partial charge in [-0.15, -0.1) is 0 Å². The smallest absolute Gasteiger partial charge is 0.261 e. The van der Waals surface area contributed by atoms with E-state index in [0.717, 1.165) is 32.1 Å². The Morgan fingerprint density at radius 1 is 0.692 bits per heavy atom. The predicted octanol–water partition coefficient (Wildman–Crippen LogP) is 2.65. The Bertz CT molecular complexity index is 965. The standard InChI is InChI=1S/C20H16N2O4/c23-17-11-6-8-13-16-14(9-7-12(15(11)16)18(24)21-17)20(26)22(19(13)25)10-4-2-1-3-5-10/h6-10H,1-5H2,(H,21,23,24). The van der Waals surface area contributed by atoms with Gasteiger partial charge in [-0.2, -0.15) is 0 Å². The molecule has 0 spiro atoms. The summed E-state index contributed by atoms with van der Waals surface area (Å²) in [6, 6.07) is 6.26. The lowest BCUT2D eigenvalue weighted by atomic mass is 9.85. The van der Waals surface area contributed by atoms with Gasteiger partial charge in [0.25, 0.3) is 23.6 Å². The van der Waals surface area contributed by atoms with Crippen LogP contribution in [0.15, 0.2) is 24.3 Å². The van der Waals surface area contributed by atoms with Crippen LogP contribution in [0.2, 0.25) is 0 Å². The normalized spacial score (nSPS) is 19.9. The SMILES string of the molecule is O=C1NC(=O)c2ccc3c4c(ccc1c24)C(=O)N(C1CCCCC1)C3=O. The molecule has 130 valence electrons. The highest BCUT2D eigenvalue weighted by Crippen LogP contribution is 2.38. The third-order valence-electron chi connectivity index (χ3n) is 5.72. The molecule has 5 rings (SSSR count). The van der Waals surface area contributed by atoms with Gasteiger partial charge in [0, 0.05) is 39.1 Å². The molecule has 1 aliphatic carbocycles. The quantitative estimate of drug-likeness (QED) is 0.803. The summed E-state index contributed by atoms with van der Waals surface area (Å²) in [5.41, 5.74) is 1.44. The lowest BCUT2D eigenvalue weighted by molar-refractivity contribution is 0.0501. The van der Waals surface area contributed by atoms with Crippen molar-refractivity contribution in [3.63, 3.8) is 0 Å². The molecule has 6 nitrogen and oxygen atoms in total. The number of benzene rings is 2. The van der Waals surface area contributed by atoms with E-state index in [1.807, 2.05) is 0 Å². The van der Waals surface area contributed by atoms with Crippen LogP contribution in [0.1, 0.15) is 73.5 Å². The van der Waals surface area contributed by atoms with Crippen LogP contribution in [-0.4, -0.2) is 34.6 Å². The van der Waals surface area contributed by atoms with Crippen molar-refractivity contribution >= 4 is 34.4 Å². The van der Waals surface area contributed by atoms with Crippen molar-refractivity contribution in [3.05, 3.63) is 46.5 Å². The highest BCUT2D eigenvalue weighted by Gasteiger charge is 2.40. The number of hydrogen-bond donors (Lipinski definition) is 1. The van der Waals surface area contributed by atoms with E-state index >= 15 is 0 Å². The number of nitrogens with one attached hydrogen (secondary N) is 1. The maximum Gasteiger partial charge on any atom is 0.261 e. The van der Waals surface area contributed by atoms with Crippen molar-refractivity contribution in [1.82, 2.24) is 10.2 Å². The fourth-order valence-corrected chi connectivity index (χ4v) is 4.49. The van der Waals surface area contributed by atoms with Gasteiger partial charge in [-0.3, -0.25) is 29.4 Å². The average Bonchev–Trinajstić information content (AvgIpc) is 2.65. The Kier molecular flexibility index (Phi) is 3.07. The summed E-state index contributed by atoms with van der Waals surface area (Å²) in [5, 5.41) is 3.15. The van der Waals surface area contributed by atoms with Crippen molar-refractivity contribution in [2.45, 2.75) is 38.1 Å². The molecule has 2 aromatic rings. The van der Waals surface area contributed by atoms with Crippen LogP contribution in [0.5, 0.6) is 0 Å². The first-order valence-electron chi connectivity index (χ1n) is 8.91. The second-order valence-corrected chi connectivity index (χ2v) is 7.13. The number of rotatable bonds is 1. The molecule has 0 aromatic heterocycles. The molecule has 3 aliphatic rings. The summed E-state index contributed by atoms with van der Waals surface area (Å²) >= 11 is 0. The van der Waals surface area contributed by atoms with Gasteiger partial charge in [0.1, 0.15) is 0 Å². The zero-order valence-electron chi connectivity index (χ0n) is 14.0. The summed E-state index contributed by atoms with van der Waals surface area (Å²) in [6.45, 7) is 0. The highest BCUT2D eigenvalue weighted by atomic mass is 16.2. The fraction of sp³-hybridized carbons (Fsp3) is 0.300. The lowest BCUT2D eigenvalue weighted by Crippen LogP contribution is -2.48. The Labute approximate surface area is 149 Å². The van der Waals surface area contributed by atoms with E-state index in [1.165, 1.54) is 4.90 Å². The molecule has 2 heterocycles. The zero-order chi connectivity index (χ0) is 18.0. The van der Waals surface area contributed by atoms with E-state index in [0.29, 0.717) is 33.0 Å². The maximum absolute atomic E-state index is 13.1. The number of carbonyl (C=O) groups excluding carboxylic acids is 4. The number of nitrogens with zero attached hydrogens (tertiary/aromatic N) is 1. The van der Waals surface area contributed by atoms with E-state index in [4.69, 9.17) is 0 Å². The van der Waals surface area contributed by atoms with Crippen LogP contribution in [0.3, 0.4) is 0 Å². The minimum absolute atomic E-state index is 0.0795. The van der Waals surface area contributed by atoms with Crippen LogP contribution in [-0.2, 0) is 0 Å². The minimum atomic E-state index is -0.499. The molecule has 2 aromatic carbocycles. The maximum atomic E-state index is 13.1. The largest absolute Gasteiger partial charge is 0.288 e. The van der Waals surface area contributed by atoms with Crippen LogP contribution in [0.4, 0.5) is 0 Å². The van der Waals surface area contributed by atoms with Gasteiger partial charge < -0.3 is 0 Å². The molecule has 1 N–H and O–H groups in total. The Morgan fingerprint density at radius 3 is 1.69 bits per heavy atom. The van der Waals surface area contributed by atoms with Crippen LogP contribution in [0, 0.1) is 0 Å². The van der Waals surface area contributed by atoms with Crippen molar-refractivity contribution in [1.29, 1.82) is 0 Å². The molecule has 0 unspecified atom stereocenters. The summed E-state index contributed by atoms with van der Waals surface area (Å²) in [6.07, 6.45) is 4.80. The third kappa shape index (κ3) is 1.87. The summed E-state index contributed by atoms with van der Waals surface area (Å²) in [7, 11) is 0. The molecular formula is C20H16N2O4. The fourth-order valence-electron chi connectivity index (χ4n) is 4.49. The molecule has 6 heteroatoms. The molecule has 26 heavy (non-hydrogen) atoms. The zero-order valence-corrected chi connectivity index (χ0v) is 14.0. The molecule has 1 fully saturated rings. The lowest BCUT2D eigenvalue weighted by Gasteiger charge is -2.36. The van der Waals surface area contributed by atoms with Crippen LogP contribution < -0.4 is 5.32 Å². The number of hydrogen-bond acceptors (Lipinski definition) is 4. The van der Waals surface area contributed by atoms with Gasteiger partial charge in [0.2, 0.25) is 0 Å². The highest BCUT2D eigenvalue weighted by molar-refractivity contribution is 6.33. The minimum Gasteiger partial charge on any atom is -0.288 e. The number of amides is 4. The van der Waals surface area contributed by atoms with Gasteiger partial charge >= 0.3 is 0 Å². The van der Waals surface area contributed by atoms with Gasteiger partial charge in [-0.25, -0.2) is 0 Å². The second kappa shape index (κ2) is 5.24. The van der Waals surface area contributed by atoms with E-state index in [2.05, 4.69) is 5.32 Å². The van der Waals surface area contributed by atoms with E-state index in [9.17, 15) is 19.2 Å². The average molecular weight is 348 g/mol. The van der Waals surface area contributed by atoms with Gasteiger partial charge in [-0.05, 0) is 37.1 Å². The summed E-state index contributed by atoms with van der Waals surface area (Å²) in [5.74, 6) is -1.64. The van der Waals surface area contributed by atoms with Crippen LogP contribution in [0.25, 0.3) is 10.8 Å². The van der Waals surface area contributed by atoms with Gasteiger partial charge in [0.15, 0.2) is 0 Å². The van der Waals surface area contributed by atoms with Crippen LogP contribution >= 0.6 is 0 Å². The van der Waals surface area contributed by atoms with E-state index in [1.54, 1.807) is 24.3 Å². The van der Waals surface area contributed by atoms with Crippen molar-refractivity contribution < 1.29 is 19.2 Å². The first-order valence-corrected chi connectivity index (χ1v) is 8.91. The Balaban J connectivity index is 1.77. The third-order valence-corrected chi connectivity index (χ3v) is 5.72. The van der Waals surface area contributed by atoms with Gasteiger partial charge in [0.05, 0.1) is 0 Å². The summed E-state index contributed by atoms with van der Waals surface area (Å²) < 4.78 is 0.